The summed E-state index contributed by atoms with van der Waals surface area (Å²) in [5.74, 6) is 0.0253. The number of hydrogen-bond donors (Lipinski definition) is 3. The number of hydrogen-bond acceptors (Lipinski definition) is 6. The number of para-hydroxylation sites is 1. The molecule has 0 aliphatic carbocycles. The first kappa shape index (κ1) is 21.0. The van der Waals surface area contributed by atoms with Crippen LogP contribution in [0.2, 0.25) is 0 Å². The summed E-state index contributed by atoms with van der Waals surface area (Å²) in [6.45, 7) is 0.652. The van der Waals surface area contributed by atoms with Crippen LogP contribution < -0.4 is 21.9 Å². The summed E-state index contributed by atoms with van der Waals surface area (Å²) in [7, 11) is 0. The Balaban J connectivity index is 1.59. The quantitative estimate of drug-likeness (QED) is 0.364. The molecule has 0 saturated carbocycles. The molecule has 4 aromatic rings. The van der Waals surface area contributed by atoms with Crippen LogP contribution in [0, 0.1) is 0 Å². The molecule has 2 heterocycles. The second kappa shape index (κ2) is 9.69. The van der Waals surface area contributed by atoms with Gasteiger partial charge in [-0.2, -0.15) is 0 Å². The van der Waals surface area contributed by atoms with Crippen molar-refractivity contribution < 1.29 is 4.79 Å². The Labute approximate surface area is 183 Å². The van der Waals surface area contributed by atoms with Gasteiger partial charge in [-0.15, -0.1) is 0 Å². The second-order valence-electron chi connectivity index (χ2n) is 7.15. The minimum atomic E-state index is -1.01. The fourth-order valence-electron chi connectivity index (χ4n) is 3.47. The SMILES string of the molecule is O=C(NCCNc1ncccn1)C(Cc1ccccc1)n1c(=O)[nH]c2ccccc2c1=O. The molecule has 9 nitrogen and oxygen atoms in total. The second-order valence-corrected chi connectivity index (χ2v) is 7.15. The standard InChI is InChI=1S/C23H22N6O3/c30-20(24-13-14-27-22-25-11-6-12-26-22)19(15-16-7-2-1-3-8-16)29-21(31)17-9-4-5-10-18(17)28-23(29)32/h1-12,19H,13-15H2,(H,24,30)(H,28,32)(H,25,26,27). The van der Waals surface area contributed by atoms with Gasteiger partial charge in [0.15, 0.2) is 0 Å². The molecule has 32 heavy (non-hydrogen) atoms. The van der Waals surface area contributed by atoms with E-state index in [4.69, 9.17) is 0 Å². The lowest BCUT2D eigenvalue weighted by Gasteiger charge is -2.19. The van der Waals surface area contributed by atoms with Crippen molar-refractivity contribution in [2.75, 3.05) is 18.4 Å². The number of H-pyrrole nitrogens is 1. The number of fused-ring (bicyclic) bond motifs is 1. The summed E-state index contributed by atoms with van der Waals surface area (Å²) in [6, 6.07) is 16.7. The third kappa shape index (κ3) is 4.72. The van der Waals surface area contributed by atoms with E-state index in [1.54, 1.807) is 42.7 Å². The van der Waals surface area contributed by atoms with Crippen LogP contribution in [0.3, 0.4) is 0 Å². The maximum Gasteiger partial charge on any atom is 0.329 e. The van der Waals surface area contributed by atoms with Crippen LogP contribution in [0.4, 0.5) is 5.95 Å². The zero-order chi connectivity index (χ0) is 22.3. The van der Waals surface area contributed by atoms with Gasteiger partial charge in [-0.1, -0.05) is 42.5 Å². The number of anilines is 1. The monoisotopic (exact) mass is 430 g/mol. The summed E-state index contributed by atoms with van der Waals surface area (Å²) in [6.07, 6.45) is 3.42. The maximum atomic E-state index is 13.1. The summed E-state index contributed by atoms with van der Waals surface area (Å²) in [4.78, 5) is 49.9. The van der Waals surface area contributed by atoms with Crippen LogP contribution in [0.5, 0.6) is 0 Å². The van der Waals surface area contributed by atoms with E-state index >= 15 is 0 Å². The average molecular weight is 430 g/mol. The number of nitrogens with zero attached hydrogens (tertiary/aromatic N) is 3. The highest BCUT2D eigenvalue weighted by Crippen LogP contribution is 2.13. The van der Waals surface area contributed by atoms with Gasteiger partial charge in [0.1, 0.15) is 6.04 Å². The van der Waals surface area contributed by atoms with E-state index in [0.29, 0.717) is 23.4 Å². The van der Waals surface area contributed by atoms with Gasteiger partial charge < -0.3 is 15.6 Å². The predicted molar refractivity (Wildman–Crippen MR) is 122 cm³/mol. The molecule has 162 valence electrons. The molecule has 0 bridgehead atoms. The molecule has 0 aliphatic heterocycles. The van der Waals surface area contributed by atoms with E-state index in [1.165, 1.54) is 0 Å². The summed E-state index contributed by atoms with van der Waals surface area (Å²) < 4.78 is 0.998. The first-order chi connectivity index (χ1) is 15.6. The van der Waals surface area contributed by atoms with Gasteiger partial charge in [0.05, 0.1) is 10.9 Å². The molecule has 4 rings (SSSR count). The Morgan fingerprint density at radius 1 is 0.938 bits per heavy atom. The van der Waals surface area contributed by atoms with Gasteiger partial charge in [-0.25, -0.2) is 19.3 Å². The molecule has 1 unspecified atom stereocenters. The van der Waals surface area contributed by atoms with Crippen molar-refractivity contribution in [3.05, 3.63) is 99.5 Å². The first-order valence-electron chi connectivity index (χ1n) is 10.2. The number of aromatic nitrogens is 4. The van der Waals surface area contributed by atoms with Crippen LogP contribution in [-0.2, 0) is 11.2 Å². The third-order valence-corrected chi connectivity index (χ3v) is 5.00. The zero-order valence-corrected chi connectivity index (χ0v) is 17.2. The van der Waals surface area contributed by atoms with E-state index in [2.05, 4.69) is 25.6 Å². The van der Waals surface area contributed by atoms with E-state index in [-0.39, 0.29) is 13.0 Å². The number of rotatable bonds is 8. The lowest BCUT2D eigenvalue weighted by molar-refractivity contribution is -0.124. The van der Waals surface area contributed by atoms with Crippen LogP contribution in [-0.4, -0.2) is 38.5 Å². The maximum absolute atomic E-state index is 13.1. The highest BCUT2D eigenvalue weighted by Gasteiger charge is 2.25. The van der Waals surface area contributed by atoms with Crippen LogP contribution >= 0.6 is 0 Å². The van der Waals surface area contributed by atoms with Crippen LogP contribution in [0.25, 0.3) is 10.9 Å². The minimum absolute atomic E-state index is 0.198. The summed E-state index contributed by atoms with van der Waals surface area (Å²) >= 11 is 0. The molecule has 0 spiro atoms. The molecule has 0 aliphatic rings. The van der Waals surface area contributed by atoms with Crippen molar-refractivity contribution in [1.82, 2.24) is 24.8 Å². The number of benzene rings is 2. The van der Waals surface area contributed by atoms with Crippen molar-refractivity contribution in [3.63, 3.8) is 0 Å². The van der Waals surface area contributed by atoms with Crippen molar-refractivity contribution >= 4 is 22.8 Å². The van der Waals surface area contributed by atoms with E-state index < -0.39 is 23.2 Å². The number of carbonyl (C=O) groups is 1. The largest absolute Gasteiger partial charge is 0.353 e. The smallest absolute Gasteiger partial charge is 0.329 e. The Morgan fingerprint density at radius 3 is 2.44 bits per heavy atom. The summed E-state index contributed by atoms with van der Waals surface area (Å²) in [5, 5.41) is 6.15. The zero-order valence-electron chi connectivity index (χ0n) is 17.2. The number of aromatic amines is 1. The third-order valence-electron chi connectivity index (χ3n) is 5.00. The fourth-order valence-corrected chi connectivity index (χ4v) is 3.47. The number of nitrogens with one attached hydrogen (secondary N) is 3. The molecule has 9 heteroatoms. The molecule has 2 aromatic heterocycles. The van der Waals surface area contributed by atoms with E-state index in [0.717, 1.165) is 10.1 Å². The predicted octanol–water partition coefficient (Wildman–Crippen LogP) is 1.49. The lowest BCUT2D eigenvalue weighted by atomic mass is 10.0. The minimum Gasteiger partial charge on any atom is -0.353 e. The van der Waals surface area contributed by atoms with Gasteiger partial charge in [0, 0.05) is 31.9 Å². The molecule has 0 fully saturated rings. The van der Waals surface area contributed by atoms with Gasteiger partial charge in [-0.05, 0) is 23.8 Å². The Morgan fingerprint density at radius 2 is 1.66 bits per heavy atom. The van der Waals surface area contributed by atoms with Gasteiger partial charge >= 0.3 is 5.69 Å². The molecule has 3 N–H and O–H groups in total. The van der Waals surface area contributed by atoms with Gasteiger partial charge in [0.25, 0.3) is 5.56 Å². The highest BCUT2D eigenvalue weighted by atomic mass is 16.2. The van der Waals surface area contributed by atoms with E-state index in [1.807, 2.05) is 30.3 Å². The first-order valence-corrected chi connectivity index (χ1v) is 10.2. The summed E-state index contributed by atoms with van der Waals surface area (Å²) in [5.41, 5.74) is 0.143. The van der Waals surface area contributed by atoms with Crippen LogP contribution in [0.1, 0.15) is 11.6 Å². The Kier molecular flexibility index (Phi) is 6.35. The van der Waals surface area contributed by atoms with Crippen molar-refractivity contribution in [3.8, 4) is 0 Å². The van der Waals surface area contributed by atoms with E-state index in [9.17, 15) is 14.4 Å². The van der Waals surface area contributed by atoms with Gasteiger partial charge in [0.2, 0.25) is 11.9 Å². The van der Waals surface area contributed by atoms with Crippen molar-refractivity contribution in [1.29, 1.82) is 0 Å². The topological polar surface area (TPSA) is 122 Å². The average Bonchev–Trinajstić information content (AvgIpc) is 2.82. The fraction of sp³-hybridized carbons (Fsp3) is 0.174. The molecule has 1 amide bonds. The molecular formula is C23H22N6O3. The number of amides is 1. The highest BCUT2D eigenvalue weighted by molar-refractivity contribution is 5.82. The van der Waals surface area contributed by atoms with Crippen LogP contribution in [0.15, 0.2) is 82.6 Å². The lowest BCUT2D eigenvalue weighted by Crippen LogP contribution is -2.46. The molecule has 0 saturated heterocycles. The molecule has 2 aromatic carbocycles. The number of carbonyl (C=O) groups excluding carboxylic acids is 1. The molecule has 1 atom stereocenters. The van der Waals surface area contributed by atoms with Crippen molar-refractivity contribution in [2.45, 2.75) is 12.5 Å². The normalized spacial score (nSPS) is 11.8. The van der Waals surface area contributed by atoms with Gasteiger partial charge in [-0.3, -0.25) is 9.59 Å². The molecular weight excluding hydrogens is 408 g/mol. The molecule has 0 radical (unpaired) electrons. The Hall–Kier alpha value is -4.27. The van der Waals surface area contributed by atoms with Crippen molar-refractivity contribution in [2.24, 2.45) is 0 Å². The Bertz CT molecular complexity index is 1320.